The van der Waals surface area contributed by atoms with Gasteiger partial charge in [-0.15, -0.1) is 0 Å². The number of nitrogens with zero attached hydrogens (tertiary/aromatic N) is 3. The first kappa shape index (κ1) is 12.6. The van der Waals surface area contributed by atoms with Crippen LogP contribution in [0, 0.1) is 12.8 Å². The third-order valence-corrected chi connectivity index (χ3v) is 2.36. The fourth-order valence-electron chi connectivity index (χ4n) is 1.46. The number of aryl methyl sites for hydroxylation is 1. The number of carbonyl (C=O) groups excluding carboxylic acids is 1. The fraction of sp³-hybridized carbons (Fsp3) is 0.700. The molecule has 6 nitrogen and oxygen atoms in total. The van der Waals surface area contributed by atoms with Crippen molar-refractivity contribution in [3.8, 4) is 0 Å². The molecule has 1 aromatic rings. The maximum absolute atomic E-state index is 11.2. The monoisotopic (exact) mass is 227 g/mol. The number of rotatable bonds is 5. The van der Waals surface area contributed by atoms with Gasteiger partial charge in [-0.3, -0.25) is 9.69 Å². The van der Waals surface area contributed by atoms with Crippen LogP contribution in [0.15, 0.2) is 4.63 Å². The van der Waals surface area contributed by atoms with Gasteiger partial charge in [0.1, 0.15) is 11.4 Å². The van der Waals surface area contributed by atoms with Crippen LogP contribution in [0.5, 0.6) is 0 Å². The summed E-state index contributed by atoms with van der Waals surface area (Å²) in [4.78, 5) is 13.2. The van der Waals surface area contributed by atoms with Gasteiger partial charge in [-0.1, -0.05) is 17.2 Å². The predicted octanol–water partition coefficient (Wildman–Crippen LogP) is 0.619. The van der Waals surface area contributed by atoms with Crippen LogP contribution in [0.3, 0.4) is 0 Å². The molecule has 90 valence electrons. The van der Waals surface area contributed by atoms with E-state index in [1.54, 1.807) is 0 Å². The van der Waals surface area contributed by atoms with E-state index in [4.69, 9.17) is 0 Å². The van der Waals surface area contributed by atoms with Gasteiger partial charge >= 0.3 is 5.97 Å². The van der Waals surface area contributed by atoms with Crippen molar-refractivity contribution in [3.63, 3.8) is 0 Å². The van der Waals surface area contributed by atoms with E-state index in [2.05, 4.69) is 19.7 Å². The summed E-state index contributed by atoms with van der Waals surface area (Å²) in [5, 5.41) is 7.48. The second-order valence-electron chi connectivity index (χ2n) is 3.92. The van der Waals surface area contributed by atoms with Crippen LogP contribution in [0.2, 0.25) is 0 Å². The zero-order chi connectivity index (χ0) is 12.1. The molecule has 0 saturated heterocycles. The van der Waals surface area contributed by atoms with E-state index in [0.717, 1.165) is 11.4 Å². The van der Waals surface area contributed by atoms with Crippen LogP contribution >= 0.6 is 0 Å². The van der Waals surface area contributed by atoms with Gasteiger partial charge in [-0.05, 0) is 14.0 Å². The molecule has 0 radical (unpaired) electrons. The van der Waals surface area contributed by atoms with Crippen LogP contribution in [0.4, 0.5) is 0 Å². The average Bonchev–Trinajstić information content (AvgIpc) is 2.63. The molecule has 0 spiro atoms. The van der Waals surface area contributed by atoms with E-state index in [9.17, 15) is 4.79 Å². The van der Waals surface area contributed by atoms with Gasteiger partial charge < -0.3 is 4.74 Å². The Morgan fingerprint density at radius 2 is 2.25 bits per heavy atom. The normalized spacial score (nSPS) is 12.8. The Morgan fingerprint density at radius 1 is 1.56 bits per heavy atom. The number of esters is 1. The number of hydrogen-bond acceptors (Lipinski definition) is 6. The second-order valence-corrected chi connectivity index (χ2v) is 3.92. The molecule has 0 aromatic carbocycles. The first-order valence-corrected chi connectivity index (χ1v) is 5.09. The lowest BCUT2D eigenvalue weighted by molar-refractivity contribution is -0.145. The van der Waals surface area contributed by atoms with Crippen molar-refractivity contribution in [2.24, 2.45) is 5.92 Å². The van der Waals surface area contributed by atoms with E-state index in [1.165, 1.54) is 7.11 Å². The van der Waals surface area contributed by atoms with Crippen molar-refractivity contribution < 1.29 is 14.2 Å². The van der Waals surface area contributed by atoms with Gasteiger partial charge in [0.15, 0.2) is 0 Å². The highest BCUT2D eigenvalue weighted by molar-refractivity contribution is 5.72. The molecule has 0 aliphatic rings. The third-order valence-electron chi connectivity index (χ3n) is 2.36. The van der Waals surface area contributed by atoms with Crippen LogP contribution in [-0.4, -0.2) is 41.9 Å². The Morgan fingerprint density at radius 3 is 2.75 bits per heavy atom. The molecule has 1 aromatic heterocycles. The van der Waals surface area contributed by atoms with Crippen molar-refractivity contribution in [2.45, 2.75) is 20.4 Å². The zero-order valence-electron chi connectivity index (χ0n) is 10.1. The van der Waals surface area contributed by atoms with Crippen molar-refractivity contribution >= 4 is 5.97 Å². The van der Waals surface area contributed by atoms with Crippen molar-refractivity contribution in [1.29, 1.82) is 0 Å². The fourth-order valence-corrected chi connectivity index (χ4v) is 1.46. The standard InChI is InChI=1S/C10H17N3O3/c1-7(10(14)15-4)5-13(3)6-9-8(2)11-16-12-9/h7H,5-6H2,1-4H3. The molecule has 6 heteroatoms. The van der Waals surface area contributed by atoms with E-state index in [-0.39, 0.29) is 11.9 Å². The first-order chi connectivity index (χ1) is 7.54. The van der Waals surface area contributed by atoms with Crippen LogP contribution in [0.25, 0.3) is 0 Å². The summed E-state index contributed by atoms with van der Waals surface area (Å²) >= 11 is 0. The molecule has 0 aliphatic heterocycles. The third kappa shape index (κ3) is 3.30. The summed E-state index contributed by atoms with van der Waals surface area (Å²) in [6.07, 6.45) is 0. The van der Waals surface area contributed by atoms with Gasteiger partial charge in [0.25, 0.3) is 0 Å². The number of aromatic nitrogens is 2. The predicted molar refractivity (Wildman–Crippen MR) is 56.5 cm³/mol. The van der Waals surface area contributed by atoms with E-state index in [0.29, 0.717) is 13.1 Å². The van der Waals surface area contributed by atoms with E-state index >= 15 is 0 Å². The smallest absolute Gasteiger partial charge is 0.309 e. The van der Waals surface area contributed by atoms with Gasteiger partial charge in [0.2, 0.25) is 0 Å². The van der Waals surface area contributed by atoms with Gasteiger partial charge in [0, 0.05) is 13.1 Å². The number of ether oxygens (including phenoxy) is 1. The quantitative estimate of drug-likeness (QED) is 0.687. The van der Waals surface area contributed by atoms with Crippen LogP contribution in [0.1, 0.15) is 18.3 Å². The lowest BCUT2D eigenvalue weighted by Crippen LogP contribution is -2.29. The number of carbonyl (C=O) groups is 1. The molecule has 1 unspecified atom stereocenters. The second kappa shape index (κ2) is 5.60. The minimum Gasteiger partial charge on any atom is -0.469 e. The molecule has 0 fully saturated rings. The molecule has 16 heavy (non-hydrogen) atoms. The van der Waals surface area contributed by atoms with Gasteiger partial charge in [-0.2, -0.15) is 0 Å². The SMILES string of the molecule is COC(=O)C(C)CN(C)Cc1nonc1C. The lowest BCUT2D eigenvalue weighted by atomic mass is 10.1. The minimum absolute atomic E-state index is 0.157. The summed E-state index contributed by atoms with van der Waals surface area (Å²) in [5.74, 6) is -0.364. The van der Waals surface area contributed by atoms with Crippen LogP contribution < -0.4 is 0 Å². The Kier molecular flexibility index (Phi) is 4.42. The minimum atomic E-state index is -0.207. The summed E-state index contributed by atoms with van der Waals surface area (Å²) < 4.78 is 9.26. The molecule has 0 aliphatic carbocycles. The maximum atomic E-state index is 11.2. The molecular formula is C10H17N3O3. The van der Waals surface area contributed by atoms with Crippen LogP contribution in [-0.2, 0) is 16.1 Å². The molecule has 1 atom stereocenters. The molecule has 0 saturated carbocycles. The van der Waals surface area contributed by atoms with Crippen molar-refractivity contribution in [2.75, 3.05) is 20.7 Å². The van der Waals surface area contributed by atoms with Crippen molar-refractivity contribution in [3.05, 3.63) is 11.4 Å². The average molecular weight is 227 g/mol. The van der Waals surface area contributed by atoms with E-state index in [1.807, 2.05) is 25.8 Å². The number of hydrogen-bond donors (Lipinski definition) is 0. The highest BCUT2D eigenvalue weighted by Gasteiger charge is 2.17. The summed E-state index contributed by atoms with van der Waals surface area (Å²) in [6, 6.07) is 0. The Bertz CT molecular complexity index is 351. The molecule has 0 amide bonds. The molecule has 0 bridgehead atoms. The highest BCUT2D eigenvalue weighted by Crippen LogP contribution is 2.07. The van der Waals surface area contributed by atoms with Gasteiger partial charge in [-0.25, -0.2) is 4.63 Å². The summed E-state index contributed by atoms with van der Waals surface area (Å²) in [6.45, 7) is 4.88. The zero-order valence-corrected chi connectivity index (χ0v) is 10.1. The topological polar surface area (TPSA) is 68.5 Å². The Hall–Kier alpha value is -1.43. The molecule has 1 heterocycles. The number of methoxy groups -OCH3 is 1. The maximum Gasteiger partial charge on any atom is 0.309 e. The Labute approximate surface area is 94.5 Å². The molecule has 0 N–H and O–H groups in total. The van der Waals surface area contributed by atoms with E-state index < -0.39 is 0 Å². The lowest BCUT2D eigenvalue weighted by Gasteiger charge is -2.18. The molecular weight excluding hydrogens is 210 g/mol. The first-order valence-electron chi connectivity index (χ1n) is 5.09. The highest BCUT2D eigenvalue weighted by atomic mass is 16.6. The summed E-state index contributed by atoms with van der Waals surface area (Å²) in [5.41, 5.74) is 1.57. The Balaban J connectivity index is 2.45. The molecule has 1 rings (SSSR count). The largest absolute Gasteiger partial charge is 0.469 e. The van der Waals surface area contributed by atoms with Crippen molar-refractivity contribution in [1.82, 2.24) is 15.2 Å². The van der Waals surface area contributed by atoms with Gasteiger partial charge in [0.05, 0.1) is 13.0 Å². The summed E-state index contributed by atoms with van der Waals surface area (Å²) in [7, 11) is 3.30.